The van der Waals surface area contributed by atoms with Gasteiger partial charge in [0.15, 0.2) is 0 Å². The molecular weight excluding hydrogens is 152 g/mol. The normalized spacial score (nSPS) is 15.7. The second-order valence-electron chi connectivity index (χ2n) is 2.55. The van der Waals surface area contributed by atoms with E-state index in [0.29, 0.717) is 6.67 Å². The molecule has 0 fully saturated rings. The van der Waals surface area contributed by atoms with Crippen molar-refractivity contribution in [3.8, 4) is 0 Å². The highest BCUT2D eigenvalue weighted by Crippen LogP contribution is 2.14. The molecule has 0 atom stereocenters. The summed E-state index contributed by atoms with van der Waals surface area (Å²) in [4.78, 5) is 16.6. The fraction of sp³-hybridized carbons (Fsp3) is 0.111. The number of aliphatic imine (C=N–C) groups is 1. The van der Waals surface area contributed by atoms with E-state index in [1.165, 1.54) is 6.21 Å². The number of nitrogens with zero attached hydrogens (tertiary/aromatic N) is 2. The van der Waals surface area contributed by atoms with Crippen LogP contribution in [-0.2, 0) is 4.79 Å². The Bertz CT molecular complexity index is 319. The molecule has 1 aliphatic heterocycles. The molecule has 12 heavy (non-hydrogen) atoms. The number of benzene rings is 1. The van der Waals surface area contributed by atoms with E-state index in [-0.39, 0.29) is 5.91 Å². The molecular formula is C9H8N2O. The number of carbonyl (C=O) groups is 1. The molecule has 1 aromatic carbocycles. The smallest absolute Gasteiger partial charge is 0.270 e. The Morgan fingerprint density at radius 1 is 1.25 bits per heavy atom. The van der Waals surface area contributed by atoms with E-state index < -0.39 is 0 Å². The Kier molecular flexibility index (Phi) is 1.63. The van der Waals surface area contributed by atoms with E-state index in [0.717, 1.165) is 5.69 Å². The van der Waals surface area contributed by atoms with Gasteiger partial charge in [0.25, 0.3) is 5.91 Å². The predicted molar refractivity (Wildman–Crippen MR) is 47.3 cm³/mol. The summed E-state index contributed by atoms with van der Waals surface area (Å²) in [5.41, 5.74) is 0.903. The van der Waals surface area contributed by atoms with Crippen molar-refractivity contribution in [1.29, 1.82) is 0 Å². The lowest BCUT2D eigenvalue weighted by Gasteiger charge is -2.13. The van der Waals surface area contributed by atoms with Gasteiger partial charge in [-0.25, -0.2) is 0 Å². The summed E-state index contributed by atoms with van der Waals surface area (Å²) in [5.74, 6) is -0.0406. The Balaban J connectivity index is 2.27. The lowest BCUT2D eigenvalue weighted by atomic mass is 10.3. The second-order valence-corrected chi connectivity index (χ2v) is 2.55. The molecule has 0 unspecified atom stereocenters. The van der Waals surface area contributed by atoms with Gasteiger partial charge in [-0.05, 0) is 12.1 Å². The monoisotopic (exact) mass is 160 g/mol. The van der Waals surface area contributed by atoms with Crippen molar-refractivity contribution >= 4 is 17.8 Å². The van der Waals surface area contributed by atoms with Crippen LogP contribution in [0, 0.1) is 0 Å². The second kappa shape index (κ2) is 2.77. The van der Waals surface area contributed by atoms with E-state index in [1.54, 1.807) is 4.90 Å². The van der Waals surface area contributed by atoms with Crippen LogP contribution < -0.4 is 4.90 Å². The maximum absolute atomic E-state index is 11.2. The van der Waals surface area contributed by atoms with Crippen LogP contribution in [0.15, 0.2) is 35.3 Å². The number of para-hydroxylation sites is 1. The highest BCUT2D eigenvalue weighted by Gasteiger charge is 2.16. The van der Waals surface area contributed by atoms with Crippen LogP contribution in [0.25, 0.3) is 0 Å². The molecule has 60 valence electrons. The number of hydrogen-bond donors (Lipinski definition) is 0. The molecule has 1 heterocycles. The summed E-state index contributed by atoms with van der Waals surface area (Å²) in [5, 5.41) is 0. The zero-order chi connectivity index (χ0) is 8.39. The largest absolute Gasteiger partial charge is 0.288 e. The molecule has 0 radical (unpaired) electrons. The third kappa shape index (κ3) is 1.09. The molecule has 1 amide bonds. The van der Waals surface area contributed by atoms with Crippen LogP contribution in [0.4, 0.5) is 5.69 Å². The first kappa shape index (κ1) is 7.03. The maximum Gasteiger partial charge on any atom is 0.270 e. The molecule has 0 N–H and O–H groups in total. The predicted octanol–water partition coefficient (Wildman–Crippen LogP) is 1.06. The van der Waals surface area contributed by atoms with Gasteiger partial charge in [-0.2, -0.15) is 0 Å². The number of amides is 1. The van der Waals surface area contributed by atoms with Crippen LogP contribution in [0.3, 0.4) is 0 Å². The molecule has 0 spiro atoms. The van der Waals surface area contributed by atoms with E-state index in [1.807, 2.05) is 30.3 Å². The summed E-state index contributed by atoms with van der Waals surface area (Å²) in [6.07, 6.45) is 1.35. The van der Waals surface area contributed by atoms with Crippen molar-refractivity contribution in [3.63, 3.8) is 0 Å². The van der Waals surface area contributed by atoms with Gasteiger partial charge in [0.2, 0.25) is 0 Å². The quantitative estimate of drug-likeness (QED) is 0.604. The minimum atomic E-state index is -0.0406. The average Bonchev–Trinajstić information content (AvgIpc) is 2.53. The summed E-state index contributed by atoms with van der Waals surface area (Å²) in [6.45, 7) is 0.447. The molecule has 3 nitrogen and oxygen atoms in total. The molecule has 2 rings (SSSR count). The number of anilines is 1. The molecule has 0 bridgehead atoms. The van der Waals surface area contributed by atoms with Crippen LogP contribution >= 0.6 is 0 Å². The van der Waals surface area contributed by atoms with Crippen LogP contribution in [-0.4, -0.2) is 18.8 Å². The van der Waals surface area contributed by atoms with E-state index >= 15 is 0 Å². The number of hydrogen-bond acceptors (Lipinski definition) is 2. The van der Waals surface area contributed by atoms with Crippen molar-refractivity contribution < 1.29 is 4.79 Å². The van der Waals surface area contributed by atoms with Crippen LogP contribution in [0.2, 0.25) is 0 Å². The Morgan fingerprint density at radius 3 is 2.58 bits per heavy atom. The molecule has 0 aromatic heterocycles. The summed E-state index contributed by atoms with van der Waals surface area (Å²) in [6, 6.07) is 9.52. The van der Waals surface area contributed by atoms with Gasteiger partial charge in [0.05, 0.1) is 6.21 Å². The van der Waals surface area contributed by atoms with Gasteiger partial charge in [-0.1, -0.05) is 18.2 Å². The molecule has 0 saturated heterocycles. The summed E-state index contributed by atoms with van der Waals surface area (Å²) < 4.78 is 0. The molecule has 1 aromatic rings. The zero-order valence-electron chi connectivity index (χ0n) is 6.47. The Hall–Kier alpha value is -1.64. The molecule has 0 saturated carbocycles. The van der Waals surface area contributed by atoms with E-state index in [2.05, 4.69) is 4.99 Å². The van der Waals surface area contributed by atoms with Crippen molar-refractivity contribution in [2.45, 2.75) is 0 Å². The first-order valence-corrected chi connectivity index (χ1v) is 3.74. The minimum Gasteiger partial charge on any atom is -0.288 e. The van der Waals surface area contributed by atoms with Gasteiger partial charge >= 0.3 is 0 Å². The summed E-state index contributed by atoms with van der Waals surface area (Å²) in [7, 11) is 0. The number of rotatable bonds is 1. The fourth-order valence-electron chi connectivity index (χ4n) is 1.16. The lowest BCUT2D eigenvalue weighted by Crippen LogP contribution is -2.25. The van der Waals surface area contributed by atoms with Crippen LogP contribution in [0.5, 0.6) is 0 Å². The van der Waals surface area contributed by atoms with Crippen molar-refractivity contribution in [1.82, 2.24) is 0 Å². The first-order valence-electron chi connectivity index (χ1n) is 3.74. The van der Waals surface area contributed by atoms with Crippen molar-refractivity contribution in [3.05, 3.63) is 30.3 Å². The first-order chi connectivity index (χ1) is 5.88. The maximum atomic E-state index is 11.2. The Morgan fingerprint density at radius 2 is 2.00 bits per heavy atom. The molecule has 0 aliphatic carbocycles. The van der Waals surface area contributed by atoms with E-state index in [9.17, 15) is 4.79 Å². The SMILES string of the molecule is O=C1C=NCN1c1ccccc1. The fourth-order valence-corrected chi connectivity index (χ4v) is 1.16. The van der Waals surface area contributed by atoms with Crippen molar-refractivity contribution in [2.75, 3.05) is 11.6 Å². The van der Waals surface area contributed by atoms with Gasteiger partial charge in [-0.15, -0.1) is 0 Å². The molecule has 1 aliphatic rings. The minimum absolute atomic E-state index is 0.0406. The van der Waals surface area contributed by atoms with Gasteiger partial charge in [0.1, 0.15) is 6.67 Å². The van der Waals surface area contributed by atoms with Gasteiger partial charge in [0, 0.05) is 5.69 Å². The topological polar surface area (TPSA) is 32.7 Å². The molecule has 3 heteroatoms. The summed E-state index contributed by atoms with van der Waals surface area (Å²) >= 11 is 0. The Labute approximate surface area is 70.3 Å². The lowest BCUT2D eigenvalue weighted by molar-refractivity contribution is -0.111. The standard InChI is InChI=1S/C9H8N2O/c12-9-6-10-7-11(9)8-4-2-1-3-5-8/h1-6H,7H2. The highest BCUT2D eigenvalue weighted by atomic mass is 16.2. The van der Waals surface area contributed by atoms with Gasteiger partial charge < -0.3 is 0 Å². The number of carbonyl (C=O) groups excluding carboxylic acids is 1. The third-order valence-electron chi connectivity index (χ3n) is 1.76. The van der Waals surface area contributed by atoms with E-state index in [4.69, 9.17) is 0 Å². The van der Waals surface area contributed by atoms with Crippen molar-refractivity contribution in [2.24, 2.45) is 4.99 Å². The third-order valence-corrected chi connectivity index (χ3v) is 1.76. The highest BCUT2D eigenvalue weighted by molar-refractivity contribution is 6.34. The average molecular weight is 160 g/mol. The van der Waals surface area contributed by atoms with Crippen LogP contribution in [0.1, 0.15) is 0 Å². The van der Waals surface area contributed by atoms with Gasteiger partial charge in [-0.3, -0.25) is 14.7 Å². The zero-order valence-corrected chi connectivity index (χ0v) is 6.47.